The zero-order valence-corrected chi connectivity index (χ0v) is 16.6. The predicted octanol–water partition coefficient (Wildman–Crippen LogP) is 4.83. The summed E-state index contributed by atoms with van der Waals surface area (Å²) in [5.74, 6) is 0.907. The second-order valence-corrected chi connectivity index (χ2v) is 6.92. The van der Waals surface area contributed by atoms with Crippen LogP contribution >= 0.6 is 11.6 Å². The fourth-order valence-electron chi connectivity index (χ4n) is 3.41. The van der Waals surface area contributed by atoms with Crippen molar-refractivity contribution in [1.29, 1.82) is 0 Å². The molecule has 0 saturated carbocycles. The van der Waals surface area contributed by atoms with Crippen molar-refractivity contribution in [3.05, 3.63) is 76.8 Å². The third-order valence-corrected chi connectivity index (χ3v) is 5.16. The van der Waals surface area contributed by atoms with Gasteiger partial charge in [0.25, 0.3) is 5.91 Å². The first-order valence-corrected chi connectivity index (χ1v) is 9.31. The van der Waals surface area contributed by atoms with E-state index in [4.69, 9.17) is 21.1 Å². The van der Waals surface area contributed by atoms with Crippen LogP contribution in [-0.4, -0.2) is 25.2 Å². The molecule has 1 atom stereocenters. The van der Waals surface area contributed by atoms with Crippen LogP contribution in [0.15, 0.2) is 60.7 Å². The standard InChI is InChI=1S/C22H19ClN2O4/c1-28-14-8-9-18(20(12-14)29-2)25-21(13-7-10-19(26)16(23)11-13)24-17-6-4-3-5-15(17)22(25)27/h3-12,21,24,26H,1-2H3. The Morgan fingerprint density at radius 1 is 1.03 bits per heavy atom. The first-order chi connectivity index (χ1) is 14.0. The van der Waals surface area contributed by atoms with Crippen LogP contribution in [0.1, 0.15) is 22.1 Å². The highest BCUT2D eigenvalue weighted by molar-refractivity contribution is 6.32. The Bertz CT molecular complexity index is 1090. The molecule has 0 fully saturated rings. The molecule has 148 valence electrons. The maximum absolute atomic E-state index is 13.5. The summed E-state index contributed by atoms with van der Waals surface area (Å²) in [6, 6.07) is 17.5. The van der Waals surface area contributed by atoms with Crippen molar-refractivity contribution < 1.29 is 19.4 Å². The maximum Gasteiger partial charge on any atom is 0.262 e. The van der Waals surface area contributed by atoms with Gasteiger partial charge in [-0.25, -0.2) is 0 Å². The number of nitrogens with one attached hydrogen (secondary N) is 1. The van der Waals surface area contributed by atoms with Gasteiger partial charge in [0.15, 0.2) is 0 Å². The number of amides is 1. The molecule has 0 radical (unpaired) electrons. The molecule has 6 nitrogen and oxygen atoms in total. The van der Waals surface area contributed by atoms with Gasteiger partial charge in [-0.15, -0.1) is 0 Å². The third kappa shape index (κ3) is 3.32. The molecule has 0 aliphatic carbocycles. The number of rotatable bonds is 4. The van der Waals surface area contributed by atoms with Crippen LogP contribution in [0.3, 0.4) is 0 Å². The average molecular weight is 411 g/mol. The summed E-state index contributed by atoms with van der Waals surface area (Å²) < 4.78 is 10.8. The van der Waals surface area contributed by atoms with Crippen molar-refractivity contribution >= 4 is 28.9 Å². The Hall–Kier alpha value is -3.38. The fraction of sp³-hybridized carbons (Fsp3) is 0.136. The summed E-state index contributed by atoms with van der Waals surface area (Å²) in [5, 5.41) is 13.4. The number of nitrogens with zero attached hydrogens (tertiary/aromatic N) is 1. The van der Waals surface area contributed by atoms with Gasteiger partial charge in [-0.05, 0) is 42.0 Å². The normalized spacial score (nSPS) is 15.5. The molecule has 1 amide bonds. The van der Waals surface area contributed by atoms with E-state index in [2.05, 4.69) is 5.32 Å². The molecule has 1 aliphatic rings. The Morgan fingerprint density at radius 3 is 2.55 bits per heavy atom. The van der Waals surface area contributed by atoms with Crippen LogP contribution in [-0.2, 0) is 0 Å². The first kappa shape index (κ1) is 19.0. The maximum atomic E-state index is 13.5. The number of halogens is 1. The van der Waals surface area contributed by atoms with E-state index in [9.17, 15) is 9.90 Å². The molecule has 7 heteroatoms. The van der Waals surface area contributed by atoms with Gasteiger partial charge in [0.05, 0.1) is 30.5 Å². The zero-order chi connectivity index (χ0) is 20.5. The van der Waals surface area contributed by atoms with Gasteiger partial charge in [0.2, 0.25) is 0 Å². The molecule has 3 aromatic rings. The second kappa shape index (κ2) is 7.56. The van der Waals surface area contributed by atoms with Gasteiger partial charge >= 0.3 is 0 Å². The van der Waals surface area contributed by atoms with E-state index >= 15 is 0 Å². The highest BCUT2D eigenvalue weighted by Crippen LogP contribution is 2.42. The van der Waals surface area contributed by atoms with E-state index in [1.54, 1.807) is 55.5 Å². The number of para-hydroxylation sites is 1. The molecule has 29 heavy (non-hydrogen) atoms. The number of phenolic OH excluding ortho intramolecular Hbond substituents is 1. The summed E-state index contributed by atoms with van der Waals surface area (Å²) in [7, 11) is 3.11. The zero-order valence-electron chi connectivity index (χ0n) is 15.8. The SMILES string of the molecule is COc1ccc(N2C(=O)c3ccccc3NC2c2ccc(O)c(Cl)c2)c(OC)c1. The number of carbonyl (C=O) groups excluding carboxylic acids is 1. The van der Waals surface area contributed by atoms with E-state index < -0.39 is 6.17 Å². The number of anilines is 2. The van der Waals surface area contributed by atoms with Crippen LogP contribution in [0.4, 0.5) is 11.4 Å². The van der Waals surface area contributed by atoms with E-state index in [-0.39, 0.29) is 16.7 Å². The van der Waals surface area contributed by atoms with Crippen LogP contribution in [0.25, 0.3) is 0 Å². The highest BCUT2D eigenvalue weighted by Gasteiger charge is 2.35. The van der Waals surface area contributed by atoms with Crippen molar-refractivity contribution in [2.75, 3.05) is 24.4 Å². The molecule has 0 aromatic heterocycles. The van der Waals surface area contributed by atoms with Crippen molar-refractivity contribution in [2.45, 2.75) is 6.17 Å². The molecule has 1 heterocycles. The minimum Gasteiger partial charge on any atom is -0.506 e. The monoisotopic (exact) mass is 410 g/mol. The number of fused-ring (bicyclic) bond motifs is 1. The quantitative estimate of drug-likeness (QED) is 0.644. The lowest BCUT2D eigenvalue weighted by atomic mass is 10.0. The summed E-state index contributed by atoms with van der Waals surface area (Å²) in [5.41, 5.74) is 2.56. The van der Waals surface area contributed by atoms with Crippen LogP contribution < -0.4 is 19.7 Å². The van der Waals surface area contributed by atoms with Gasteiger partial charge in [0.1, 0.15) is 23.4 Å². The third-order valence-electron chi connectivity index (χ3n) is 4.86. The van der Waals surface area contributed by atoms with E-state index in [1.165, 1.54) is 6.07 Å². The number of aromatic hydroxyl groups is 1. The lowest BCUT2D eigenvalue weighted by Gasteiger charge is -2.38. The number of carbonyl (C=O) groups is 1. The molecular formula is C22H19ClN2O4. The molecule has 0 bridgehead atoms. The average Bonchev–Trinajstić information content (AvgIpc) is 2.75. The van der Waals surface area contributed by atoms with Gasteiger partial charge in [-0.2, -0.15) is 0 Å². The summed E-state index contributed by atoms with van der Waals surface area (Å²) in [6.07, 6.45) is -0.558. The smallest absolute Gasteiger partial charge is 0.262 e. The number of hydrogen-bond acceptors (Lipinski definition) is 5. The Kier molecular flexibility index (Phi) is 4.94. The van der Waals surface area contributed by atoms with Crippen LogP contribution in [0.5, 0.6) is 17.2 Å². The van der Waals surface area contributed by atoms with Gasteiger partial charge in [-0.1, -0.05) is 29.8 Å². The minimum atomic E-state index is -0.558. The van der Waals surface area contributed by atoms with E-state index in [0.717, 1.165) is 5.69 Å². The number of hydrogen-bond donors (Lipinski definition) is 2. The topological polar surface area (TPSA) is 71.0 Å². The van der Waals surface area contributed by atoms with Crippen molar-refractivity contribution in [2.24, 2.45) is 0 Å². The van der Waals surface area contributed by atoms with Gasteiger partial charge in [-0.3, -0.25) is 9.69 Å². The van der Waals surface area contributed by atoms with Gasteiger partial charge < -0.3 is 19.9 Å². The van der Waals surface area contributed by atoms with E-state index in [1.807, 2.05) is 18.2 Å². The van der Waals surface area contributed by atoms with Crippen LogP contribution in [0.2, 0.25) is 5.02 Å². The fourth-order valence-corrected chi connectivity index (χ4v) is 3.60. The van der Waals surface area contributed by atoms with Crippen molar-refractivity contribution in [3.63, 3.8) is 0 Å². The predicted molar refractivity (Wildman–Crippen MR) is 112 cm³/mol. The first-order valence-electron chi connectivity index (χ1n) is 8.93. The Morgan fingerprint density at radius 2 is 1.83 bits per heavy atom. The summed E-state index contributed by atoms with van der Waals surface area (Å²) in [6.45, 7) is 0. The van der Waals surface area contributed by atoms with Crippen molar-refractivity contribution in [3.8, 4) is 17.2 Å². The van der Waals surface area contributed by atoms with Crippen molar-refractivity contribution in [1.82, 2.24) is 0 Å². The Balaban J connectivity index is 1.90. The largest absolute Gasteiger partial charge is 0.506 e. The molecule has 1 aliphatic heterocycles. The summed E-state index contributed by atoms with van der Waals surface area (Å²) in [4.78, 5) is 15.1. The van der Waals surface area contributed by atoms with Crippen LogP contribution in [0, 0.1) is 0 Å². The number of phenols is 1. The van der Waals surface area contributed by atoms with Gasteiger partial charge in [0, 0.05) is 11.8 Å². The lowest BCUT2D eigenvalue weighted by molar-refractivity contribution is 0.0974. The number of methoxy groups -OCH3 is 2. The van der Waals surface area contributed by atoms with E-state index in [0.29, 0.717) is 28.3 Å². The number of ether oxygens (including phenoxy) is 2. The molecular weight excluding hydrogens is 392 g/mol. The molecule has 2 N–H and O–H groups in total. The highest BCUT2D eigenvalue weighted by atomic mass is 35.5. The summed E-state index contributed by atoms with van der Waals surface area (Å²) >= 11 is 6.14. The molecule has 1 unspecified atom stereocenters. The Labute approximate surface area is 173 Å². The molecule has 4 rings (SSSR count). The number of benzene rings is 3. The minimum absolute atomic E-state index is 0.0217. The lowest BCUT2D eigenvalue weighted by Crippen LogP contribution is -2.43. The second-order valence-electron chi connectivity index (χ2n) is 6.52. The molecule has 0 spiro atoms. The molecule has 0 saturated heterocycles. The molecule has 3 aromatic carbocycles.